The molecule has 1 saturated heterocycles. The van der Waals surface area contributed by atoms with Crippen molar-refractivity contribution in [3.63, 3.8) is 0 Å². The van der Waals surface area contributed by atoms with Crippen LogP contribution in [-0.2, 0) is 11.2 Å². The fourth-order valence-corrected chi connectivity index (χ4v) is 2.54. The Hall–Kier alpha value is -0.810. The minimum absolute atomic E-state index is 0.0119. The highest BCUT2D eigenvalue weighted by molar-refractivity contribution is 7.99. The number of nitrogens with two attached hydrogens (primary N) is 1. The second-order valence-corrected chi connectivity index (χ2v) is 4.98. The maximum atomic E-state index is 5.78. The Labute approximate surface area is 100.0 Å². The molecule has 0 saturated carbocycles. The predicted molar refractivity (Wildman–Crippen MR) is 66.5 cm³/mol. The van der Waals surface area contributed by atoms with Crippen molar-refractivity contribution in [3.8, 4) is 0 Å². The van der Waals surface area contributed by atoms with Crippen LogP contribution in [0.3, 0.4) is 0 Å². The van der Waals surface area contributed by atoms with E-state index >= 15 is 0 Å². The molecule has 4 nitrogen and oxygen atoms in total. The first-order valence-electron chi connectivity index (χ1n) is 5.62. The van der Waals surface area contributed by atoms with Gasteiger partial charge in [0, 0.05) is 23.3 Å². The van der Waals surface area contributed by atoms with Gasteiger partial charge in [-0.1, -0.05) is 13.3 Å². The summed E-state index contributed by atoms with van der Waals surface area (Å²) in [7, 11) is 0. The number of rotatable bonds is 3. The summed E-state index contributed by atoms with van der Waals surface area (Å²) in [4.78, 5) is 8.79. The number of aryl methyl sites for hydroxylation is 1. The van der Waals surface area contributed by atoms with Crippen LogP contribution in [0.15, 0.2) is 6.07 Å². The third kappa shape index (κ3) is 2.86. The van der Waals surface area contributed by atoms with Gasteiger partial charge in [0.1, 0.15) is 11.9 Å². The first kappa shape index (κ1) is 11.7. The molecule has 88 valence electrons. The summed E-state index contributed by atoms with van der Waals surface area (Å²) in [6.45, 7) is 2.90. The van der Waals surface area contributed by atoms with E-state index in [1.807, 2.05) is 17.8 Å². The van der Waals surface area contributed by atoms with Gasteiger partial charge in [-0.2, -0.15) is 11.8 Å². The maximum absolute atomic E-state index is 5.78. The van der Waals surface area contributed by atoms with Crippen molar-refractivity contribution in [2.24, 2.45) is 0 Å². The number of hydrogen-bond donors (Lipinski definition) is 1. The van der Waals surface area contributed by atoms with Gasteiger partial charge < -0.3 is 10.5 Å². The van der Waals surface area contributed by atoms with Crippen LogP contribution in [0.1, 0.15) is 31.0 Å². The summed E-state index contributed by atoms with van der Waals surface area (Å²) in [6, 6.07) is 1.85. The minimum Gasteiger partial charge on any atom is -0.384 e. The van der Waals surface area contributed by atoms with E-state index in [9.17, 15) is 0 Å². The van der Waals surface area contributed by atoms with Gasteiger partial charge in [-0.15, -0.1) is 0 Å². The van der Waals surface area contributed by atoms with Crippen LogP contribution in [0.5, 0.6) is 0 Å². The molecule has 0 spiro atoms. The van der Waals surface area contributed by atoms with Gasteiger partial charge in [0.2, 0.25) is 0 Å². The first-order valence-corrected chi connectivity index (χ1v) is 6.77. The average molecular weight is 239 g/mol. The van der Waals surface area contributed by atoms with E-state index in [0.717, 1.165) is 42.5 Å². The molecule has 0 radical (unpaired) electrons. The molecular weight excluding hydrogens is 222 g/mol. The molecule has 1 aliphatic rings. The molecule has 2 rings (SSSR count). The van der Waals surface area contributed by atoms with Crippen molar-refractivity contribution in [3.05, 3.63) is 17.6 Å². The van der Waals surface area contributed by atoms with Crippen molar-refractivity contribution >= 4 is 17.6 Å². The Bertz CT molecular complexity index is 353. The van der Waals surface area contributed by atoms with E-state index in [1.54, 1.807) is 0 Å². The highest BCUT2D eigenvalue weighted by Gasteiger charge is 2.20. The summed E-state index contributed by atoms with van der Waals surface area (Å²) in [5.41, 5.74) is 6.80. The fourth-order valence-electron chi connectivity index (χ4n) is 1.70. The van der Waals surface area contributed by atoms with Gasteiger partial charge in [-0.3, -0.25) is 0 Å². The standard InChI is InChI=1S/C11H17N3OS/c1-2-3-8-6-10(12)14-11(13-8)9-7-16-5-4-15-9/h6,9H,2-5,7H2,1H3,(H2,12,13,14). The smallest absolute Gasteiger partial charge is 0.160 e. The lowest BCUT2D eigenvalue weighted by molar-refractivity contribution is 0.0694. The number of ether oxygens (including phenoxy) is 1. The van der Waals surface area contributed by atoms with Gasteiger partial charge in [-0.05, 0) is 6.42 Å². The van der Waals surface area contributed by atoms with E-state index in [0.29, 0.717) is 5.82 Å². The quantitative estimate of drug-likeness (QED) is 0.871. The molecule has 0 aliphatic carbocycles. The normalized spacial score (nSPS) is 20.9. The molecule has 5 heteroatoms. The molecule has 16 heavy (non-hydrogen) atoms. The van der Waals surface area contributed by atoms with E-state index < -0.39 is 0 Å². The zero-order valence-corrected chi connectivity index (χ0v) is 10.3. The fraction of sp³-hybridized carbons (Fsp3) is 0.636. The zero-order chi connectivity index (χ0) is 11.4. The molecule has 1 aliphatic heterocycles. The van der Waals surface area contributed by atoms with Crippen molar-refractivity contribution in [2.75, 3.05) is 23.8 Å². The van der Waals surface area contributed by atoms with Crippen LogP contribution in [0, 0.1) is 0 Å². The molecule has 1 aromatic heterocycles. The maximum Gasteiger partial charge on any atom is 0.160 e. The van der Waals surface area contributed by atoms with Gasteiger partial charge in [0.05, 0.1) is 6.61 Å². The molecule has 2 N–H and O–H groups in total. The lowest BCUT2D eigenvalue weighted by atomic mass is 10.2. The largest absolute Gasteiger partial charge is 0.384 e. The SMILES string of the molecule is CCCc1cc(N)nc(C2CSCCO2)n1. The second kappa shape index (κ2) is 5.50. The Balaban J connectivity index is 2.18. The number of nitrogen functional groups attached to an aromatic ring is 1. The van der Waals surface area contributed by atoms with Gasteiger partial charge in [-0.25, -0.2) is 9.97 Å². The summed E-state index contributed by atoms with van der Waals surface area (Å²) in [6.07, 6.45) is 2.02. The highest BCUT2D eigenvalue weighted by Crippen LogP contribution is 2.24. The van der Waals surface area contributed by atoms with Crippen LogP contribution in [-0.4, -0.2) is 28.1 Å². The van der Waals surface area contributed by atoms with Crippen molar-refractivity contribution in [1.29, 1.82) is 0 Å². The van der Waals surface area contributed by atoms with Crippen LogP contribution in [0.25, 0.3) is 0 Å². The average Bonchev–Trinajstić information content (AvgIpc) is 2.30. The summed E-state index contributed by atoms with van der Waals surface area (Å²) < 4.78 is 5.65. The van der Waals surface area contributed by atoms with Gasteiger partial charge in [0.15, 0.2) is 5.82 Å². The number of nitrogens with zero attached hydrogens (tertiary/aromatic N) is 2. The summed E-state index contributed by atoms with van der Waals surface area (Å²) >= 11 is 1.88. The zero-order valence-electron chi connectivity index (χ0n) is 9.48. The van der Waals surface area contributed by atoms with E-state index in [2.05, 4.69) is 16.9 Å². The number of hydrogen-bond acceptors (Lipinski definition) is 5. The lowest BCUT2D eigenvalue weighted by Crippen LogP contribution is -2.19. The minimum atomic E-state index is 0.0119. The second-order valence-electron chi connectivity index (χ2n) is 3.83. The summed E-state index contributed by atoms with van der Waals surface area (Å²) in [5.74, 6) is 3.28. The molecule has 1 aromatic rings. The van der Waals surface area contributed by atoms with Crippen molar-refractivity contribution in [1.82, 2.24) is 9.97 Å². The molecular formula is C11H17N3OS. The van der Waals surface area contributed by atoms with Crippen LogP contribution >= 0.6 is 11.8 Å². The number of aromatic nitrogens is 2. The Kier molecular flexibility index (Phi) is 4.01. The Morgan fingerprint density at radius 1 is 1.56 bits per heavy atom. The summed E-state index contributed by atoms with van der Waals surface area (Å²) in [5, 5.41) is 0. The Morgan fingerprint density at radius 3 is 3.12 bits per heavy atom. The molecule has 0 amide bonds. The third-order valence-corrected chi connectivity index (χ3v) is 3.42. The number of thioether (sulfide) groups is 1. The van der Waals surface area contributed by atoms with Crippen LogP contribution in [0.2, 0.25) is 0 Å². The topological polar surface area (TPSA) is 61.0 Å². The predicted octanol–water partition coefficient (Wildman–Crippen LogP) is 1.82. The van der Waals surface area contributed by atoms with E-state index in [-0.39, 0.29) is 6.10 Å². The lowest BCUT2D eigenvalue weighted by Gasteiger charge is -2.21. The molecule has 0 aromatic carbocycles. The molecule has 0 bridgehead atoms. The van der Waals surface area contributed by atoms with E-state index in [1.165, 1.54) is 0 Å². The van der Waals surface area contributed by atoms with Gasteiger partial charge >= 0.3 is 0 Å². The highest BCUT2D eigenvalue weighted by atomic mass is 32.2. The van der Waals surface area contributed by atoms with E-state index in [4.69, 9.17) is 10.5 Å². The molecule has 1 fully saturated rings. The van der Waals surface area contributed by atoms with Crippen LogP contribution in [0.4, 0.5) is 5.82 Å². The molecule has 1 atom stereocenters. The van der Waals surface area contributed by atoms with Crippen LogP contribution < -0.4 is 5.73 Å². The number of anilines is 1. The van der Waals surface area contributed by atoms with Crippen molar-refractivity contribution in [2.45, 2.75) is 25.9 Å². The Morgan fingerprint density at radius 2 is 2.44 bits per heavy atom. The first-order chi connectivity index (χ1) is 7.79. The van der Waals surface area contributed by atoms with Gasteiger partial charge in [0.25, 0.3) is 0 Å². The third-order valence-electron chi connectivity index (χ3n) is 2.43. The molecule has 1 unspecified atom stereocenters. The molecule has 2 heterocycles. The van der Waals surface area contributed by atoms with Crippen molar-refractivity contribution < 1.29 is 4.74 Å². The monoisotopic (exact) mass is 239 g/mol.